The van der Waals surface area contributed by atoms with Crippen molar-refractivity contribution in [2.45, 2.75) is 49.0 Å². The summed E-state index contributed by atoms with van der Waals surface area (Å²) in [6.07, 6.45) is 5.64. The molecule has 7 nitrogen and oxygen atoms in total. The fraction of sp³-hybridized carbons (Fsp3) is 0.529. The number of hydrogen-bond acceptors (Lipinski definition) is 6. The first kappa shape index (κ1) is 16.7. The van der Waals surface area contributed by atoms with Gasteiger partial charge in [-0.15, -0.1) is 0 Å². The highest BCUT2D eigenvalue weighted by Crippen LogP contribution is 2.37. The number of benzene rings is 1. The molecule has 0 unspecified atom stereocenters. The minimum absolute atomic E-state index is 0.262. The van der Waals surface area contributed by atoms with Crippen molar-refractivity contribution in [2.75, 3.05) is 13.1 Å². The number of piperidine rings is 1. The van der Waals surface area contributed by atoms with E-state index in [1.165, 1.54) is 0 Å². The molecular formula is C17H22N4O3S. The van der Waals surface area contributed by atoms with Crippen molar-refractivity contribution in [1.29, 1.82) is 0 Å². The van der Waals surface area contributed by atoms with E-state index in [2.05, 4.69) is 10.1 Å². The first-order chi connectivity index (χ1) is 12.0. The van der Waals surface area contributed by atoms with Gasteiger partial charge in [0.25, 0.3) is 5.89 Å². The molecule has 1 aromatic carbocycles. The number of rotatable bonds is 4. The lowest BCUT2D eigenvalue weighted by atomic mass is 9.77. The maximum Gasteiger partial charge on any atom is 0.258 e. The van der Waals surface area contributed by atoms with Crippen molar-refractivity contribution in [2.24, 2.45) is 5.73 Å². The fourth-order valence-corrected chi connectivity index (χ4v) is 4.93. The Labute approximate surface area is 147 Å². The Morgan fingerprint density at radius 3 is 2.56 bits per heavy atom. The molecule has 0 spiro atoms. The molecule has 0 radical (unpaired) electrons. The van der Waals surface area contributed by atoms with Crippen LogP contribution in [-0.2, 0) is 15.6 Å². The number of hydrogen-bond donors (Lipinski definition) is 1. The van der Waals surface area contributed by atoms with Gasteiger partial charge in [-0.1, -0.05) is 17.6 Å². The highest BCUT2D eigenvalue weighted by molar-refractivity contribution is 7.89. The van der Waals surface area contributed by atoms with E-state index in [0.29, 0.717) is 30.4 Å². The predicted octanol–water partition coefficient (Wildman–Crippen LogP) is 2.25. The maximum atomic E-state index is 12.8. The van der Waals surface area contributed by atoms with Gasteiger partial charge in [-0.3, -0.25) is 0 Å². The number of aromatic nitrogens is 2. The van der Waals surface area contributed by atoms with E-state index < -0.39 is 15.6 Å². The van der Waals surface area contributed by atoms with E-state index in [1.807, 2.05) is 0 Å². The van der Waals surface area contributed by atoms with Crippen LogP contribution in [-0.4, -0.2) is 36.0 Å². The van der Waals surface area contributed by atoms with Crippen LogP contribution in [0.15, 0.2) is 33.7 Å². The molecule has 4 rings (SSSR count). The second kappa shape index (κ2) is 6.19. The van der Waals surface area contributed by atoms with Crippen LogP contribution in [0.2, 0.25) is 0 Å². The maximum absolute atomic E-state index is 12.8. The number of nitrogens with zero attached hydrogens (tertiary/aromatic N) is 3. The first-order valence-electron chi connectivity index (χ1n) is 8.73. The molecule has 1 aliphatic carbocycles. The summed E-state index contributed by atoms with van der Waals surface area (Å²) in [7, 11) is -3.49. The number of nitrogens with two attached hydrogens (primary N) is 1. The van der Waals surface area contributed by atoms with Crippen LogP contribution in [0.3, 0.4) is 0 Å². The van der Waals surface area contributed by atoms with Crippen LogP contribution in [0.1, 0.15) is 44.3 Å². The molecule has 2 N–H and O–H groups in total. The predicted molar refractivity (Wildman–Crippen MR) is 92.1 cm³/mol. The topological polar surface area (TPSA) is 102 Å². The molecule has 2 heterocycles. The van der Waals surface area contributed by atoms with Crippen LogP contribution in [0.4, 0.5) is 0 Å². The smallest absolute Gasteiger partial charge is 0.258 e. The van der Waals surface area contributed by atoms with Gasteiger partial charge in [0, 0.05) is 18.7 Å². The minimum Gasteiger partial charge on any atom is -0.334 e. The van der Waals surface area contributed by atoms with E-state index in [9.17, 15) is 8.42 Å². The van der Waals surface area contributed by atoms with E-state index in [-0.39, 0.29) is 4.90 Å². The molecule has 25 heavy (non-hydrogen) atoms. The first-order valence-corrected chi connectivity index (χ1v) is 10.2. The third-order valence-corrected chi connectivity index (χ3v) is 7.05. The monoisotopic (exact) mass is 362 g/mol. The average Bonchev–Trinajstić information content (AvgIpc) is 3.11. The van der Waals surface area contributed by atoms with Gasteiger partial charge in [0.15, 0.2) is 5.82 Å². The van der Waals surface area contributed by atoms with E-state index in [4.69, 9.17) is 10.3 Å². The molecule has 2 aromatic rings. The van der Waals surface area contributed by atoms with Crippen molar-refractivity contribution in [3.05, 3.63) is 30.1 Å². The van der Waals surface area contributed by atoms with E-state index in [0.717, 1.165) is 38.5 Å². The molecule has 134 valence electrons. The number of sulfonamides is 1. The SMILES string of the molecule is NC1(c2noc(-c3cccc(S(=O)(=O)N4CCCCC4)c3)n2)CCC1. The molecule has 1 saturated carbocycles. The Bertz CT molecular complexity index is 868. The van der Waals surface area contributed by atoms with Gasteiger partial charge >= 0.3 is 0 Å². The van der Waals surface area contributed by atoms with Crippen LogP contribution in [0.5, 0.6) is 0 Å². The Morgan fingerprint density at radius 1 is 1.12 bits per heavy atom. The normalized spacial score (nSPS) is 21.0. The average molecular weight is 362 g/mol. The van der Waals surface area contributed by atoms with Gasteiger partial charge in [-0.05, 0) is 50.3 Å². The van der Waals surface area contributed by atoms with Gasteiger partial charge in [-0.2, -0.15) is 9.29 Å². The van der Waals surface area contributed by atoms with Crippen LogP contribution in [0, 0.1) is 0 Å². The van der Waals surface area contributed by atoms with Crippen LogP contribution >= 0.6 is 0 Å². The Hall–Kier alpha value is -1.77. The second-order valence-electron chi connectivity index (χ2n) is 6.93. The van der Waals surface area contributed by atoms with Crippen molar-refractivity contribution >= 4 is 10.0 Å². The lowest BCUT2D eigenvalue weighted by molar-refractivity contribution is 0.229. The lowest BCUT2D eigenvalue weighted by Crippen LogP contribution is -2.44. The molecule has 1 saturated heterocycles. The molecule has 0 bridgehead atoms. The summed E-state index contributed by atoms with van der Waals surface area (Å²) in [6.45, 7) is 1.15. The summed E-state index contributed by atoms with van der Waals surface area (Å²) in [5, 5.41) is 4.00. The van der Waals surface area contributed by atoms with Crippen molar-refractivity contribution < 1.29 is 12.9 Å². The minimum atomic E-state index is -3.49. The van der Waals surface area contributed by atoms with Gasteiger partial charge in [0.2, 0.25) is 10.0 Å². The van der Waals surface area contributed by atoms with Crippen molar-refractivity contribution in [1.82, 2.24) is 14.4 Å². The molecule has 1 aliphatic heterocycles. The zero-order valence-electron chi connectivity index (χ0n) is 14.0. The van der Waals surface area contributed by atoms with Gasteiger partial charge < -0.3 is 10.3 Å². The van der Waals surface area contributed by atoms with E-state index >= 15 is 0 Å². The van der Waals surface area contributed by atoms with Crippen molar-refractivity contribution in [3.8, 4) is 11.5 Å². The van der Waals surface area contributed by atoms with Gasteiger partial charge in [0.05, 0.1) is 10.4 Å². The van der Waals surface area contributed by atoms with Gasteiger partial charge in [0.1, 0.15) is 0 Å². The molecule has 2 aliphatic rings. The zero-order chi connectivity index (χ0) is 17.5. The quantitative estimate of drug-likeness (QED) is 0.895. The summed E-state index contributed by atoms with van der Waals surface area (Å²) in [5.74, 6) is 0.806. The largest absolute Gasteiger partial charge is 0.334 e. The molecule has 0 amide bonds. The molecular weight excluding hydrogens is 340 g/mol. The third-order valence-electron chi connectivity index (χ3n) is 5.15. The van der Waals surface area contributed by atoms with E-state index in [1.54, 1.807) is 28.6 Å². The summed E-state index contributed by atoms with van der Waals surface area (Å²) in [6, 6.07) is 6.69. The summed E-state index contributed by atoms with van der Waals surface area (Å²) in [4.78, 5) is 4.66. The highest BCUT2D eigenvalue weighted by atomic mass is 32.2. The molecule has 1 aromatic heterocycles. The van der Waals surface area contributed by atoms with Crippen LogP contribution < -0.4 is 5.73 Å². The Balaban J connectivity index is 1.63. The molecule has 0 atom stereocenters. The van der Waals surface area contributed by atoms with Crippen molar-refractivity contribution in [3.63, 3.8) is 0 Å². The molecule has 2 fully saturated rings. The van der Waals surface area contributed by atoms with Crippen LogP contribution in [0.25, 0.3) is 11.5 Å². The third kappa shape index (κ3) is 2.98. The fourth-order valence-electron chi connectivity index (χ4n) is 3.37. The lowest BCUT2D eigenvalue weighted by Gasteiger charge is -2.34. The second-order valence-corrected chi connectivity index (χ2v) is 8.86. The highest BCUT2D eigenvalue weighted by Gasteiger charge is 2.39. The standard InChI is InChI=1S/C17H22N4O3S/c18-17(8-5-9-17)16-19-15(24-20-16)13-6-4-7-14(12-13)25(22,23)21-10-2-1-3-11-21/h4,6-7,12H,1-3,5,8-11,18H2. The molecule has 8 heteroatoms. The van der Waals surface area contributed by atoms with Gasteiger partial charge in [-0.25, -0.2) is 8.42 Å². The Morgan fingerprint density at radius 2 is 1.88 bits per heavy atom. The summed E-state index contributed by atoms with van der Waals surface area (Å²) >= 11 is 0. The Kier molecular flexibility index (Phi) is 4.13. The summed E-state index contributed by atoms with van der Waals surface area (Å²) < 4.78 is 32.5. The summed E-state index contributed by atoms with van der Waals surface area (Å²) in [5.41, 5.74) is 6.32. The zero-order valence-corrected chi connectivity index (χ0v) is 14.8.